The number of ether oxygens (including phenoxy) is 1. The van der Waals surface area contributed by atoms with Gasteiger partial charge in [0.05, 0.1) is 17.9 Å². The molecule has 2 aromatic rings. The van der Waals surface area contributed by atoms with Crippen LogP contribution in [0.1, 0.15) is 41.1 Å². The Morgan fingerprint density at radius 2 is 2.15 bits per heavy atom. The lowest BCUT2D eigenvalue weighted by Gasteiger charge is -2.18. The van der Waals surface area contributed by atoms with E-state index in [2.05, 4.69) is 22.2 Å². The summed E-state index contributed by atoms with van der Waals surface area (Å²) >= 11 is 2.76. The number of nitrogens with zero attached hydrogens (tertiary/aromatic N) is 2. The molecular weight excluding hydrogens is 370 g/mol. The van der Waals surface area contributed by atoms with E-state index in [4.69, 9.17) is 4.74 Å². The summed E-state index contributed by atoms with van der Waals surface area (Å²) in [5.41, 5.74) is 1.58. The molecule has 1 N–H and O–H groups in total. The summed E-state index contributed by atoms with van der Waals surface area (Å²) in [6.45, 7) is 4.31. The molecule has 0 aliphatic heterocycles. The molecule has 1 aliphatic rings. The standard InChI is InChI=1S/C18H21N3O3S2/c1-3-24-17(23)15-12-6-5-11(2)9-13(12)26-16(15)21-14(22)10-25-18-19-7-4-8-20-18/h4,7-8,11H,3,5-6,9-10H2,1-2H3,(H,21,22)/t11-/m1/s1. The average molecular weight is 392 g/mol. The third kappa shape index (κ3) is 4.42. The Bertz CT molecular complexity index is 792. The van der Waals surface area contributed by atoms with Gasteiger partial charge in [-0.3, -0.25) is 4.79 Å². The van der Waals surface area contributed by atoms with Crippen molar-refractivity contribution in [2.45, 2.75) is 38.3 Å². The minimum Gasteiger partial charge on any atom is -0.462 e. The van der Waals surface area contributed by atoms with Crippen LogP contribution in [-0.4, -0.2) is 34.2 Å². The zero-order chi connectivity index (χ0) is 18.5. The SMILES string of the molecule is CCOC(=O)c1c(NC(=O)CSc2ncccn2)sc2c1CC[C@@H](C)C2. The smallest absolute Gasteiger partial charge is 0.341 e. The zero-order valence-corrected chi connectivity index (χ0v) is 16.4. The van der Waals surface area contributed by atoms with Crippen molar-refractivity contribution in [3.05, 3.63) is 34.5 Å². The Morgan fingerprint density at radius 1 is 1.38 bits per heavy atom. The van der Waals surface area contributed by atoms with Crippen LogP contribution in [0.3, 0.4) is 0 Å². The molecule has 0 unspecified atom stereocenters. The Morgan fingerprint density at radius 3 is 2.88 bits per heavy atom. The number of amides is 1. The van der Waals surface area contributed by atoms with Crippen LogP contribution < -0.4 is 5.32 Å². The van der Waals surface area contributed by atoms with E-state index in [-0.39, 0.29) is 17.6 Å². The van der Waals surface area contributed by atoms with Gasteiger partial charge in [0, 0.05) is 17.3 Å². The van der Waals surface area contributed by atoms with Crippen molar-refractivity contribution in [3.63, 3.8) is 0 Å². The van der Waals surface area contributed by atoms with E-state index in [0.29, 0.717) is 28.2 Å². The second-order valence-electron chi connectivity index (χ2n) is 6.14. The molecule has 0 aromatic carbocycles. The quantitative estimate of drug-likeness (QED) is 0.461. The maximum atomic E-state index is 12.4. The van der Waals surface area contributed by atoms with Gasteiger partial charge in [-0.2, -0.15) is 0 Å². The minimum atomic E-state index is -0.353. The molecule has 1 amide bonds. The van der Waals surface area contributed by atoms with Gasteiger partial charge in [-0.05, 0) is 43.7 Å². The molecule has 138 valence electrons. The average Bonchev–Trinajstić information content (AvgIpc) is 2.98. The van der Waals surface area contributed by atoms with Crippen molar-refractivity contribution in [2.75, 3.05) is 17.7 Å². The number of carbonyl (C=O) groups excluding carboxylic acids is 2. The number of carbonyl (C=O) groups is 2. The van der Waals surface area contributed by atoms with Crippen LogP contribution in [0.25, 0.3) is 0 Å². The molecule has 6 nitrogen and oxygen atoms in total. The number of thiophene rings is 1. The van der Waals surface area contributed by atoms with Gasteiger partial charge < -0.3 is 10.1 Å². The summed E-state index contributed by atoms with van der Waals surface area (Å²) in [4.78, 5) is 34.2. The molecule has 0 spiro atoms. The van der Waals surface area contributed by atoms with Crippen molar-refractivity contribution < 1.29 is 14.3 Å². The number of thioether (sulfide) groups is 1. The number of hydrogen-bond acceptors (Lipinski definition) is 7. The van der Waals surface area contributed by atoms with Gasteiger partial charge in [-0.1, -0.05) is 18.7 Å². The van der Waals surface area contributed by atoms with Crippen LogP contribution in [0.5, 0.6) is 0 Å². The van der Waals surface area contributed by atoms with Crippen molar-refractivity contribution in [2.24, 2.45) is 5.92 Å². The lowest BCUT2D eigenvalue weighted by molar-refractivity contribution is -0.113. The third-order valence-electron chi connectivity index (χ3n) is 4.12. The van der Waals surface area contributed by atoms with Crippen LogP contribution in [0.2, 0.25) is 0 Å². The molecule has 0 fully saturated rings. The highest BCUT2D eigenvalue weighted by Gasteiger charge is 2.29. The molecule has 3 rings (SSSR count). The van der Waals surface area contributed by atoms with E-state index in [1.807, 2.05) is 0 Å². The monoisotopic (exact) mass is 391 g/mol. The Hall–Kier alpha value is -1.93. The van der Waals surface area contributed by atoms with E-state index < -0.39 is 0 Å². The number of esters is 1. The first kappa shape index (κ1) is 18.8. The van der Waals surface area contributed by atoms with Crippen LogP contribution in [0.15, 0.2) is 23.6 Å². The van der Waals surface area contributed by atoms with Gasteiger partial charge in [-0.25, -0.2) is 14.8 Å². The lowest BCUT2D eigenvalue weighted by Crippen LogP contribution is -2.17. The molecule has 0 radical (unpaired) electrons. The molecule has 1 aliphatic carbocycles. The van der Waals surface area contributed by atoms with E-state index in [1.165, 1.54) is 28.0 Å². The largest absolute Gasteiger partial charge is 0.462 e. The molecule has 0 bridgehead atoms. The lowest BCUT2D eigenvalue weighted by atomic mass is 9.88. The van der Waals surface area contributed by atoms with Gasteiger partial charge in [0.2, 0.25) is 5.91 Å². The normalized spacial score (nSPS) is 16.0. The van der Waals surface area contributed by atoms with E-state index in [1.54, 1.807) is 25.4 Å². The van der Waals surface area contributed by atoms with Gasteiger partial charge >= 0.3 is 5.97 Å². The molecule has 0 saturated heterocycles. The van der Waals surface area contributed by atoms with Crippen molar-refractivity contribution in [3.8, 4) is 0 Å². The summed E-state index contributed by atoms with van der Waals surface area (Å²) in [5, 5.41) is 4.04. The topological polar surface area (TPSA) is 81.2 Å². The molecule has 2 heterocycles. The maximum Gasteiger partial charge on any atom is 0.341 e. The summed E-state index contributed by atoms with van der Waals surface area (Å²) in [7, 11) is 0. The first-order valence-electron chi connectivity index (χ1n) is 8.59. The minimum absolute atomic E-state index is 0.181. The number of rotatable bonds is 6. The van der Waals surface area contributed by atoms with Gasteiger partial charge in [-0.15, -0.1) is 11.3 Å². The number of fused-ring (bicyclic) bond motifs is 1. The van der Waals surface area contributed by atoms with Crippen molar-refractivity contribution in [1.82, 2.24) is 9.97 Å². The zero-order valence-electron chi connectivity index (χ0n) is 14.8. The second kappa shape index (κ2) is 8.64. The predicted octanol–water partition coefficient (Wildman–Crippen LogP) is 3.57. The molecule has 2 aromatic heterocycles. The number of nitrogens with one attached hydrogen (secondary N) is 1. The number of hydrogen-bond donors (Lipinski definition) is 1. The highest BCUT2D eigenvalue weighted by atomic mass is 32.2. The Labute approximate surface area is 160 Å². The Balaban J connectivity index is 1.75. The van der Waals surface area contributed by atoms with Crippen molar-refractivity contribution >= 4 is 40.0 Å². The fraction of sp³-hybridized carbons (Fsp3) is 0.444. The van der Waals surface area contributed by atoms with E-state index >= 15 is 0 Å². The predicted molar refractivity (Wildman–Crippen MR) is 103 cm³/mol. The van der Waals surface area contributed by atoms with Crippen LogP contribution in [-0.2, 0) is 22.4 Å². The van der Waals surface area contributed by atoms with E-state index in [0.717, 1.165) is 24.8 Å². The fourth-order valence-electron chi connectivity index (χ4n) is 2.91. The molecule has 0 saturated carbocycles. The van der Waals surface area contributed by atoms with Gasteiger partial charge in [0.15, 0.2) is 5.16 Å². The molecule has 8 heteroatoms. The summed E-state index contributed by atoms with van der Waals surface area (Å²) in [5.74, 6) is 0.240. The molecule has 1 atom stereocenters. The van der Waals surface area contributed by atoms with Crippen LogP contribution >= 0.6 is 23.1 Å². The first-order chi connectivity index (χ1) is 12.6. The second-order valence-corrected chi connectivity index (χ2v) is 8.19. The number of aromatic nitrogens is 2. The highest BCUT2D eigenvalue weighted by Crippen LogP contribution is 2.40. The summed E-state index contributed by atoms with van der Waals surface area (Å²) in [6.07, 6.45) is 6.12. The van der Waals surface area contributed by atoms with Gasteiger partial charge in [0.25, 0.3) is 0 Å². The fourth-order valence-corrected chi connectivity index (χ4v) is 4.93. The van der Waals surface area contributed by atoms with Crippen LogP contribution in [0, 0.1) is 5.92 Å². The van der Waals surface area contributed by atoms with Gasteiger partial charge in [0.1, 0.15) is 5.00 Å². The molecular formula is C18H21N3O3S2. The number of anilines is 1. The molecule has 26 heavy (non-hydrogen) atoms. The van der Waals surface area contributed by atoms with Crippen LogP contribution in [0.4, 0.5) is 5.00 Å². The van der Waals surface area contributed by atoms with E-state index in [9.17, 15) is 9.59 Å². The summed E-state index contributed by atoms with van der Waals surface area (Å²) < 4.78 is 5.22. The third-order valence-corrected chi connectivity index (χ3v) is 6.16. The highest BCUT2D eigenvalue weighted by molar-refractivity contribution is 7.99. The van der Waals surface area contributed by atoms with Crippen molar-refractivity contribution in [1.29, 1.82) is 0 Å². The first-order valence-corrected chi connectivity index (χ1v) is 10.4. The maximum absolute atomic E-state index is 12.4. The summed E-state index contributed by atoms with van der Waals surface area (Å²) in [6, 6.07) is 1.73. The Kier molecular flexibility index (Phi) is 6.26.